The number of aryl methyl sites for hydroxylation is 1. The average molecular weight is 230 g/mol. The van der Waals surface area contributed by atoms with Gasteiger partial charge in [-0.25, -0.2) is 4.98 Å². The summed E-state index contributed by atoms with van der Waals surface area (Å²) in [5.41, 5.74) is 1.65. The van der Waals surface area contributed by atoms with E-state index in [1.807, 2.05) is 20.8 Å². The van der Waals surface area contributed by atoms with Crippen LogP contribution in [0, 0.1) is 6.92 Å². The first kappa shape index (κ1) is 12.5. The third kappa shape index (κ3) is 2.53. The molecule has 0 aliphatic heterocycles. The number of hydrogen-bond donors (Lipinski definition) is 1. The van der Waals surface area contributed by atoms with Crippen molar-refractivity contribution in [2.24, 2.45) is 0 Å². The summed E-state index contributed by atoms with van der Waals surface area (Å²) in [5.74, 6) is -0.946. The van der Waals surface area contributed by atoms with Gasteiger partial charge in [0.2, 0.25) is 5.82 Å². The van der Waals surface area contributed by atoms with Gasteiger partial charge in [-0.15, -0.1) is 0 Å². The summed E-state index contributed by atoms with van der Waals surface area (Å²) >= 11 is 0. The number of rotatable bonds is 0. The van der Waals surface area contributed by atoms with Crippen molar-refractivity contribution in [3.63, 3.8) is 0 Å². The van der Waals surface area contributed by atoms with E-state index in [-0.39, 0.29) is 0 Å². The Kier molecular flexibility index (Phi) is 3.57. The number of benzene rings is 1. The Bertz CT molecular complexity index is 472. The number of hydrogen-bond acceptors (Lipinski definition) is 1. The topological polar surface area (TPSA) is 28.7 Å². The van der Waals surface area contributed by atoms with Gasteiger partial charge in [-0.1, -0.05) is 19.9 Å². The van der Waals surface area contributed by atoms with Gasteiger partial charge in [-0.3, -0.25) is 0 Å². The summed E-state index contributed by atoms with van der Waals surface area (Å²) in [6.45, 7) is 5.81. The highest BCUT2D eigenvalue weighted by Gasteiger charge is 2.34. The molecule has 0 fully saturated rings. The van der Waals surface area contributed by atoms with Crippen LogP contribution in [0.25, 0.3) is 11.0 Å². The van der Waals surface area contributed by atoms with Gasteiger partial charge in [0.25, 0.3) is 0 Å². The summed E-state index contributed by atoms with van der Waals surface area (Å²) in [6.07, 6.45) is -4.41. The molecular formula is C11H13F3N2. The average Bonchev–Trinajstić information content (AvgIpc) is 2.63. The summed E-state index contributed by atoms with van der Waals surface area (Å²) < 4.78 is 36.7. The highest BCUT2D eigenvalue weighted by molar-refractivity contribution is 5.75. The Morgan fingerprint density at radius 2 is 1.81 bits per heavy atom. The van der Waals surface area contributed by atoms with E-state index < -0.39 is 12.0 Å². The van der Waals surface area contributed by atoms with E-state index >= 15 is 0 Å². The number of H-pyrrole nitrogens is 1. The van der Waals surface area contributed by atoms with Crippen molar-refractivity contribution in [3.05, 3.63) is 29.6 Å². The second kappa shape index (κ2) is 4.55. The van der Waals surface area contributed by atoms with Gasteiger partial charge in [0.15, 0.2) is 0 Å². The van der Waals surface area contributed by atoms with Crippen LogP contribution in [0.4, 0.5) is 13.2 Å². The molecule has 0 saturated carbocycles. The van der Waals surface area contributed by atoms with Crippen molar-refractivity contribution < 1.29 is 13.2 Å². The van der Waals surface area contributed by atoms with Crippen LogP contribution in [-0.4, -0.2) is 9.97 Å². The molecule has 0 aliphatic rings. The predicted molar refractivity (Wildman–Crippen MR) is 57.2 cm³/mol. The molecule has 0 unspecified atom stereocenters. The summed E-state index contributed by atoms with van der Waals surface area (Å²) in [6, 6.07) is 4.93. The van der Waals surface area contributed by atoms with Crippen LogP contribution in [0.1, 0.15) is 25.2 Å². The maximum atomic E-state index is 12.2. The molecule has 1 N–H and O–H groups in total. The third-order valence-corrected chi connectivity index (χ3v) is 1.91. The Morgan fingerprint density at radius 3 is 2.38 bits per heavy atom. The molecule has 0 saturated heterocycles. The minimum absolute atomic E-state index is 0.336. The molecule has 2 aromatic rings. The molecule has 0 radical (unpaired) electrons. The molecule has 0 aliphatic carbocycles. The largest absolute Gasteiger partial charge is 0.449 e. The zero-order valence-electron chi connectivity index (χ0n) is 9.31. The van der Waals surface area contributed by atoms with Gasteiger partial charge >= 0.3 is 6.18 Å². The first-order chi connectivity index (χ1) is 7.47. The number of fused-ring (bicyclic) bond motifs is 1. The van der Waals surface area contributed by atoms with Gasteiger partial charge in [-0.05, 0) is 24.6 Å². The van der Waals surface area contributed by atoms with Crippen molar-refractivity contribution in [1.29, 1.82) is 0 Å². The lowest BCUT2D eigenvalue weighted by Gasteiger charge is -1.98. The summed E-state index contributed by atoms with van der Waals surface area (Å²) in [7, 11) is 0. The lowest BCUT2D eigenvalue weighted by Crippen LogP contribution is -2.06. The number of imidazole rings is 1. The van der Waals surface area contributed by atoms with Crippen LogP contribution in [0.15, 0.2) is 18.2 Å². The fourth-order valence-electron chi connectivity index (χ4n) is 1.26. The second-order valence-electron chi connectivity index (χ2n) is 3.10. The molecule has 5 heteroatoms. The van der Waals surface area contributed by atoms with Crippen LogP contribution in [-0.2, 0) is 6.18 Å². The summed E-state index contributed by atoms with van der Waals surface area (Å²) in [4.78, 5) is 5.68. The molecule has 0 amide bonds. The van der Waals surface area contributed by atoms with Gasteiger partial charge in [0.1, 0.15) is 0 Å². The molecule has 1 aromatic carbocycles. The molecule has 2 nitrogen and oxygen atoms in total. The predicted octanol–water partition coefficient (Wildman–Crippen LogP) is 3.92. The Morgan fingerprint density at radius 1 is 1.19 bits per heavy atom. The number of halogens is 3. The quantitative estimate of drug-likeness (QED) is 0.730. The monoisotopic (exact) mass is 230 g/mol. The number of alkyl halides is 3. The van der Waals surface area contributed by atoms with Gasteiger partial charge in [-0.2, -0.15) is 13.2 Å². The van der Waals surface area contributed by atoms with Gasteiger partial charge in [0, 0.05) is 0 Å². The zero-order chi connectivity index (χ0) is 12.3. The fourth-order valence-corrected chi connectivity index (χ4v) is 1.26. The number of nitrogens with zero attached hydrogens (tertiary/aromatic N) is 1. The van der Waals surface area contributed by atoms with E-state index in [0.717, 1.165) is 5.56 Å². The minimum Gasteiger partial charge on any atom is -0.334 e. The Labute approximate surface area is 91.5 Å². The van der Waals surface area contributed by atoms with Gasteiger partial charge in [0.05, 0.1) is 11.0 Å². The Balaban J connectivity index is 0.000000606. The van der Waals surface area contributed by atoms with Crippen LogP contribution < -0.4 is 0 Å². The normalized spacial score (nSPS) is 11.1. The van der Waals surface area contributed by atoms with Crippen molar-refractivity contribution >= 4 is 11.0 Å². The van der Waals surface area contributed by atoms with E-state index in [1.165, 1.54) is 0 Å². The highest BCUT2D eigenvalue weighted by atomic mass is 19.4. The highest BCUT2D eigenvalue weighted by Crippen LogP contribution is 2.28. The van der Waals surface area contributed by atoms with Crippen LogP contribution in [0.2, 0.25) is 0 Å². The zero-order valence-corrected chi connectivity index (χ0v) is 9.31. The third-order valence-electron chi connectivity index (χ3n) is 1.91. The fraction of sp³-hybridized carbons (Fsp3) is 0.364. The van der Waals surface area contributed by atoms with E-state index in [4.69, 9.17) is 0 Å². The maximum Gasteiger partial charge on any atom is 0.449 e. The lowest BCUT2D eigenvalue weighted by atomic mass is 10.2. The van der Waals surface area contributed by atoms with Crippen LogP contribution in [0.3, 0.4) is 0 Å². The lowest BCUT2D eigenvalue weighted by molar-refractivity contribution is -0.144. The van der Waals surface area contributed by atoms with E-state index in [1.54, 1.807) is 18.2 Å². The van der Waals surface area contributed by atoms with Crippen LogP contribution >= 0.6 is 0 Å². The maximum absolute atomic E-state index is 12.2. The first-order valence-electron chi connectivity index (χ1n) is 5.00. The molecule has 16 heavy (non-hydrogen) atoms. The molecule has 1 aromatic heterocycles. The SMILES string of the molecule is CC.Cc1ccc2nc(C(F)(F)F)[nH]c2c1. The second-order valence-corrected chi connectivity index (χ2v) is 3.10. The molecule has 88 valence electrons. The number of aromatic nitrogens is 2. The number of aromatic amines is 1. The number of nitrogens with one attached hydrogen (secondary N) is 1. The molecule has 0 spiro atoms. The van der Waals surface area contributed by atoms with Crippen molar-refractivity contribution in [2.75, 3.05) is 0 Å². The standard InChI is InChI=1S/C9H7F3N2.C2H6/c1-5-2-3-6-7(4-5)14-8(13-6)9(10,11)12;1-2/h2-4H,1H3,(H,13,14);1-2H3. The molecule has 1 heterocycles. The van der Waals surface area contributed by atoms with Crippen molar-refractivity contribution in [2.45, 2.75) is 26.9 Å². The Hall–Kier alpha value is -1.52. The van der Waals surface area contributed by atoms with Gasteiger partial charge < -0.3 is 4.98 Å². The minimum atomic E-state index is -4.41. The van der Waals surface area contributed by atoms with Crippen molar-refractivity contribution in [1.82, 2.24) is 9.97 Å². The molecule has 0 atom stereocenters. The molecular weight excluding hydrogens is 217 g/mol. The van der Waals surface area contributed by atoms with E-state index in [0.29, 0.717) is 11.0 Å². The first-order valence-corrected chi connectivity index (χ1v) is 5.00. The van der Waals surface area contributed by atoms with Crippen LogP contribution in [0.5, 0.6) is 0 Å². The smallest absolute Gasteiger partial charge is 0.334 e. The van der Waals surface area contributed by atoms with E-state index in [2.05, 4.69) is 9.97 Å². The summed E-state index contributed by atoms with van der Waals surface area (Å²) in [5, 5.41) is 0. The molecule has 2 rings (SSSR count). The van der Waals surface area contributed by atoms with E-state index in [9.17, 15) is 13.2 Å². The van der Waals surface area contributed by atoms with Crippen molar-refractivity contribution in [3.8, 4) is 0 Å². The molecule has 0 bridgehead atoms.